The van der Waals surface area contributed by atoms with Gasteiger partial charge in [0.25, 0.3) is 0 Å². The predicted molar refractivity (Wildman–Crippen MR) is 90.7 cm³/mol. The molecule has 0 bridgehead atoms. The Bertz CT molecular complexity index is 460. The summed E-state index contributed by atoms with van der Waals surface area (Å²) in [5.41, 5.74) is 1.25. The highest BCUT2D eigenvalue weighted by molar-refractivity contribution is 5.17. The highest BCUT2D eigenvalue weighted by Crippen LogP contribution is 2.15. The quantitative estimate of drug-likeness (QED) is 0.803. The molecule has 2 saturated heterocycles. The maximum Gasteiger partial charge on any atom is 0.213 e. The summed E-state index contributed by atoms with van der Waals surface area (Å²) in [7, 11) is 0. The number of likely N-dealkylation sites (tertiary alicyclic amines) is 1. The molecule has 5 heteroatoms. The van der Waals surface area contributed by atoms with Gasteiger partial charge in [-0.25, -0.2) is 4.98 Å². The molecule has 2 aliphatic heterocycles. The average molecular weight is 319 g/mol. The van der Waals surface area contributed by atoms with E-state index in [-0.39, 0.29) is 0 Å². The third-order valence-corrected chi connectivity index (χ3v) is 4.59. The van der Waals surface area contributed by atoms with Gasteiger partial charge in [0.15, 0.2) is 0 Å². The highest BCUT2D eigenvalue weighted by atomic mass is 16.5. The second kappa shape index (κ2) is 8.62. The van der Waals surface area contributed by atoms with Gasteiger partial charge < -0.3 is 14.4 Å². The Morgan fingerprint density at radius 2 is 2.00 bits per heavy atom. The first kappa shape index (κ1) is 16.7. The minimum Gasteiger partial charge on any atom is -0.478 e. The zero-order valence-corrected chi connectivity index (χ0v) is 14.2. The lowest BCUT2D eigenvalue weighted by molar-refractivity contribution is 0.0307. The Kier molecular flexibility index (Phi) is 6.25. The average Bonchev–Trinajstić information content (AvgIpc) is 2.96. The summed E-state index contributed by atoms with van der Waals surface area (Å²) in [6.07, 6.45) is 6.07. The summed E-state index contributed by atoms with van der Waals surface area (Å²) < 4.78 is 11.5. The first-order valence-corrected chi connectivity index (χ1v) is 8.97. The summed E-state index contributed by atoms with van der Waals surface area (Å²) in [5, 5.41) is 0. The zero-order chi connectivity index (χ0) is 15.9. The monoisotopic (exact) mass is 319 g/mol. The minimum atomic E-state index is 0.339. The van der Waals surface area contributed by atoms with Gasteiger partial charge in [-0.05, 0) is 44.8 Å². The van der Waals surface area contributed by atoms with Gasteiger partial charge in [-0.1, -0.05) is 6.07 Å². The molecule has 0 spiro atoms. The molecule has 1 aromatic heterocycles. The van der Waals surface area contributed by atoms with Crippen molar-refractivity contribution < 1.29 is 9.47 Å². The molecule has 0 amide bonds. The largest absolute Gasteiger partial charge is 0.478 e. The van der Waals surface area contributed by atoms with E-state index in [4.69, 9.17) is 9.47 Å². The van der Waals surface area contributed by atoms with Gasteiger partial charge in [0.2, 0.25) is 5.88 Å². The van der Waals surface area contributed by atoms with E-state index in [2.05, 4.69) is 20.9 Å². The molecule has 0 unspecified atom stereocenters. The van der Waals surface area contributed by atoms with E-state index in [0.717, 1.165) is 39.2 Å². The fraction of sp³-hybridized carbons (Fsp3) is 0.722. The number of nitrogens with zero attached hydrogens (tertiary/aromatic N) is 3. The van der Waals surface area contributed by atoms with Crippen molar-refractivity contribution in [3.05, 3.63) is 23.9 Å². The maximum atomic E-state index is 6.06. The molecule has 0 radical (unpaired) electrons. The topological polar surface area (TPSA) is 37.8 Å². The van der Waals surface area contributed by atoms with Gasteiger partial charge in [0.1, 0.15) is 0 Å². The first-order chi connectivity index (χ1) is 11.3. The van der Waals surface area contributed by atoms with E-state index < -0.39 is 0 Å². The molecule has 0 aliphatic carbocycles. The van der Waals surface area contributed by atoms with Crippen LogP contribution in [-0.2, 0) is 11.3 Å². The minimum absolute atomic E-state index is 0.339. The van der Waals surface area contributed by atoms with E-state index in [1.165, 1.54) is 31.5 Å². The second-order valence-electron chi connectivity index (χ2n) is 6.53. The van der Waals surface area contributed by atoms with Gasteiger partial charge >= 0.3 is 0 Å². The van der Waals surface area contributed by atoms with Crippen molar-refractivity contribution in [3.63, 3.8) is 0 Å². The molecule has 3 heterocycles. The van der Waals surface area contributed by atoms with Crippen LogP contribution < -0.4 is 4.74 Å². The number of rotatable bonds is 6. The molecule has 128 valence electrons. The van der Waals surface area contributed by atoms with Gasteiger partial charge in [0.05, 0.1) is 12.7 Å². The van der Waals surface area contributed by atoms with Crippen molar-refractivity contribution in [1.82, 2.24) is 14.8 Å². The van der Waals surface area contributed by atoms with Crippen LogP contribution in [0.25, 0.3) is 0 Å². The van der Waals surface area contributed by atoms with Gasteiger partial charge in [-0.2, -0.15) is 0 Å². The summed E-state index contributed by atoms with van der Waals surface area (Å²) >= 11 is 0. The smallest absolute Gasteiger partial charge is 0.213 e. The molecule has 2 fully saturated rings. The fourth-order valence-corrected chi connectivity index (χ4v) is 3.47. The van der Waals surface area contributed by atoms with Crippen LogP contribution >= 0.6 is 0 Å². The molecular formula is C18H29N3O2. The van der Waals surface area contributed by atoms with Crippen LogP contribution in [0.4, 0.5) is 0 Å². The summed E-state index contributed by atoms with van der Waals surface area (Å²) in [4.78, 5) is 9.42. The van der Waals surface area contributed by atoms with Crippen molar-refractivity contribution in [2.75, 3.05) is 45.9 Å². The molecule has 0 aromatic carbocycles. The van der Waals surface area contributed by atoms with E-state index in [1.807, 2.05) is 19.2 Å². The Balaban J connectivity index is 1.53. The molecule has 3 rings (SSSR count). The van der Waals surface area contributed by atoms with Crippen molar-refractivity contribution in [1.29, 1.82) is 0 Å². The summed E-state index contributed by atoms with van der Waals surface area (Å²) in [6, 6.07) is 4.09. The van der Waals surface area contributed by atoms with Crippen LogP contribution in [0, 0.1) is 0 Å². The van der Waals surface area contributed by atoms with Crippen LogP contribution in [0.1, 0.15) is 31.7 Å². The Labute approximate surface area is 139 Å². The third kappa shape index (κ3) is 5.16. The van der Waals surface area contributed by atoms with Gasteiger partial charge in [-0.3, -0.25) is 4.90 Å². The van der Waals surface area contributed by atoms with Crippen LogP contribution in [0.2, 0.25) is 0 Å². The van der Waals surface area contributed by atoms with Crippen LogP contribution in [0.15, 0.2) is 18.3 Å². The number of aromatic nitrogens is 1. The Morgan fingerprint density at radius 1 is 1.17 bits per heavy atom. The highest BCUT2D eigenvalue weighted by Gasteiger charge is 2.22. The number of hydrogen-bond acceptors (Lipinski definition) is 5. The molecule has 2 aliphatic rings. The molecule has 1 atom stereocenters. The molecular weight excluding hydrogens is 290 g/mol. The van der Waals surface area contributed by atoms with E-state index in [1.54, 1.807) is 0 Å². The summed E-state index contributed by atoms with van der Waals surface area (Å²) in [5.74, 6) is 0.711. The van der Waals surface area contributed by atoms with Crippen molar-refractivity contribution >= 4 is 0 Å². The van der Waals surface area contributed by atoms with Crippen molar-refractivity contribution in [2.45, 2.75) is 38.8 Å². The van der Waals surface area contributed by atoms with Gasteiger partial charge in [-0.15, -0.1) is 0 Å². The summed E-state index contributed by atoms with van der Waals surface area (Å²) in [6.45, 7) is 10.1. The van der Waals surface area contributed by atoms with Crippen LogP contribution in [-0.4, -0.2) is 66.8 Å². The number of hydrogen-bond donors (Lipinski definition) is 0. The predicted octanol–water partition coefficient (Wildman–Crippen LogP) is 2.17. The van der Waals surface area contributed by atoms with E-state index in [0.29, 0.717) is 18.6 Å². The molecule has 23 heavy (non-hydrogen) atoms. The molecule has 5 nitrogen and oxygen atoms in total. The van der Waals surface area contributed by atoms with Crippen LogP contribution in [0.5, 0.6) is 5.88 Å². The second-order valence-corrected chi connectivity index (χ2v) is 6.53. The standard InChI is InChI=1S/C18H29N3O2/c1-2-22-18-7-6-16(12-19-18)13-21-10-5-11-23-17(15-21)14-20-8-3-4-9-20/h6-7,12,17H,2-5,8-11,13-15H2,1H3/t17-/m1/s1. The SMILES string of the molecule is CCOc1ccc(CN2CCCO[C@H](CN3CCCC3)C2)cn1. The van der Waals surface area contributed by atoms with E-state index in [9.17, 15) is 0 Å². The van der Waals surface area contributed by atoms with Crippen LogP contribution in [0.3, 0.4) is 0 Å². The maximum absolute atomic E-state index is 6.06. The van der Waals surface area contributed by atoms with E-state index >= 15 is 0 Å². The normalized spacial score (nSPS) is 23.8. The van der Waals surface area contributed by atoms with Gasteiger partial charge in [0, 0.05) is 45.0 Å². The Morgan fingerprint density at radius 3 is 2.74 bits per heavy atom. The third-order valence-electron chi connectivity index (χ3n) is 4.59. The molecule has 0 N–H and O–H groups in total. The van der Waals surface area contributed by atoms with Crippen molar-refractivity contribution in [3.8, 4) is 5.88 Å². The Hall–Kier alpha value is -1.17. The lowest BCUT2D eigenvalue weighted by Gasteiger charge is -2.26. The molecule has 0 saturated carbocycles. The lowest BCUT2D eigenvalue weighted by Crippen LogP contribution is -2.39. The lowest BCUT2D eigenvalue weighted by atomic mass is 10.2. The fourth-order valence-electron chi connectivity index (χ4n) is 3.47. The number of ether oxygens (including phenoxy) is 2. The first-order valence-electron chi connectivity index (χ1n) is 8.97. The zero-order valence-electron chi connectivity index (χ0n) is 14.2. The molecule has 1 aromatic rings. The van der Waals surface area contributed by atoms with Crippen molar-refractivity contribution in [2.24, 2.45) is 0 Å². The number of pyridine rings is 1.